The molecule has 2 rings (SSSR count). The van der Waals surface area contributed by atoms with Gasteiger partial charge in [0.15, 0.2) is 0 Å². The van der Waals surface area contributed by atoms with Crippen LogP contribution in [0.25, 0.3) is 0 Å². The predicted molar refractivity (Wildman–Crippen MR) is 64.3 cm³/mol. The fourth-order valence-corrected chi connectivity index (χ4v) is 1.74. The average molecular weight is 249 g/mol. The summed E-state index contributed by atoms with van der Waals surface area (Å²) in [6.45, 7) is 0.351. The topological polar surface area (TPSA) is 95.9 Å². The monoisotopic (exact) mass is 249 g/mol. The van der Waals surface area contributed by atoms with E-state index in [0.717, 1.165) is 5.56 Å². The molecule has 1 aliphatic heterocycles. The Bertz CT molecular complexity index is 490. The van der Waals surface area contributed by atoms with Crippen LogP contribution in [0, 0.1) is 0 Å². The smallest absolute Gasteiger partial charge is 0.481 e. The van der Waals surface area contributed by atoms with Gasteiger partial charge in [-0.1, -0.05) is 6.07 Å². The summed E-state index contributed by atoms with van der Waals surface area (Å²) in [6.07, 6.45) is -0.284. The standard InChI is InChI=1S/C11H12BNO5/c14-10(3-4-11(15)16)13-8-2-1-7-6-18-12(17)9(7)5-8/h1-2,5,17H,3-4,6H2,(H,13,14)(H,15,16). The summed E-state index contributed by atoms with van der Waals surface area (Å²) in [6, 6.07) is 5.09. The lowest BCUT2D eigenvalue weighted by atomic mass is 9.79. The minimum absolute atomic E-state index is 0.0779. The Morgan fingerprint density at radius 1 is 1.39 bits per heavy atom. The van der Waals surface area contributed by atoms with Crippen LogP contribution in [0.4, 0.5) is 5.69 Å². The van der Waals surface area contributed by atoms with Crippen molar-refractivity contribution in [3.8, 4) is 0 Å². The van der Waals surface area contributed by atoms with Crippen LogP contribution >= 0.6 is 0 Å². The highest BCUT2D eigenvalue weighted by Crippen LogP contribution is 2.14. The Morgan fingerprint density at radius 3 is 2.89 bits per heavy atom. The molecule has 18 heavy (non-hydrogen) atoms. The molecule has 0 saturated carbocycles. The molecule has 0 aliphatic carbocycles. The quantitative estimate of drug-likeness (QED) is 0.637. The van der Waals surface area contributed by atoms with Crippen molar-refractivity contribution in [1.29, 1.82) is 0 Å². The molecular weight excluding hydrogens is 237 g/mol. The van der Waals surface area contributed by atoms with Gasteiger partial charge in [-0.05, 0) is 23.2 Å². The van der Waals surface area contributed by atoms with Gasteiger partial charge in [0.1, 0.15) is 0 Å². The zero-order chi connectivity index (χ0) is 13.1. The fraction of sp³-hybridized carbons (Fsp3) is 0.273. The van der Waals surface area contributed by atoms with Crippen molar-refractivity contribution in [3.63, 3.8) is 0 Å². The number of hydrogen-bond donors (Lipinski definition) is 3. The number of carboxylic acid groups (broad SMARTS) is 1. The Hall–Kier alpha value is -1.86. The summed E-state index contributed by atoms with van der Waals surface area (Å²) in [7, 11) is -0.962. The van der Waals surface area contributed by atoms with E-state index in [1.54, 1.807) is 18.2 Å². The van der Waals surface area contributed by atoms with Gasteiger partial charge in [-0.3, -0.25) is 9.59 Å². The van der Waals surface area contributed by atoms with Crippen LogP contribution in [0.3, 0.4) is 0 Å². The second-order valence-corrected chi connectivity index (χ2v) is 4.02. The number of carbonyl (C=O) groups excluding carboxylic acids is 1. The van der Waals surface area contributed by atoms with Crippen LogP contribution in [0.2, 0.25) is 0 Å². The van der Waals surface area contributed by atoms with Crippen LogP contribution in [-0.4, -0.2) is 29.1 Å². The molecule has 0 radical (unpaired) electrons. The van der Waals surface area contributed by atoms with Crippen LogP contribution in [0.15, 0.2) is 18.2 Å². The fourth-order valence-electron chi connectivity index (χ4n) is 1.74. The summed E-state index contributed by atoms with van der Waals surface area (Å²) >= 11 is 0. The maximum Gasteiger partial charge on any atom is 0.491 e. The van der Waals surface area contributed by atoms with Crippen LogP contribution in [0.1, 0.15) is 18.4 Å². The van der Waals surface area contributed by atoms with Gasteiger partial charge in [0, 0.05) is 12.1 Å². The molecule has 1 aromatic carbocycles. The molecule has 0 aromatic heterocycles. The van der Waals surface area contributed by atoms with E-state index in [4.69, 9.17) is 9.76 Å². The van der Waals surface area contributed by atoms with Gasteiger partial charge in [-0.25, -0.2) is 0 Å². The lowest BCUT2D eigenvalue weighted by molar-refractivity contribution is -0.138. The van der Waals surface area contributed by atoms with Crippen molar-refractivity contribution in [2.75, 3.05) is 5.32 Å². The molecule has 0 unspecified atom stereocenters. The Kier molecular flexibility index (Phi) is 3.64. The summed E-state index contributed by atoms with van der Waals surface area (Å²) in [5.74, 6) is -1.38. The average Bonchev–Trinajstić information content (AvgIpc) is 2.69. The first-order chi connectivity index (χ1) is 8.56. The van der Waals surface area contributed by atoms with E-state index in [9.17, 15) is 14.6 Å². The molecule has 6 nitrogen and oxygen atoms in total. The molecule has 0 spiro atoms. The molecule has 7 heteroatoms. The molecule has 1 aromatic rings. The minimum Gasteiger partial charge on any atom is -0.481 e. The molecule has 94 valence electrons. The number of hydrogen-bond acceptors (Lipinski definition) is 4. The number of carbonyl (C=O) groups is 2. The highest BCUT2D eigenvalue weighted by atomic mass is 16.5. The summed E-state index contributed by atoms with van der Waals surface area (Å²) in [4.78, 5) is 21.8. The number of nitrogens with one attached hydrogen (secondary N) is 1. The van der Waals surface area contributed by atoms with Crippen LogP contribution < -0.4 is 10.8 Å². The van der Waals surface area contributed by atoms with Crippen molar-refractivity contribution in [3.05, 3.63) is 23.8 Å². The summed E-state index contributed by atoms with van der Waals surface area (Å²) < 4.78 is 5.03. The maximum absolute atomic E-state index is 11.4. The van der Waals surface area contributed by atoms with Gasteiger partial charge in [0.25, 0.3) is 0 Å². The van der Waals surface area contributed by atoms with E-state index in [-0.39, 0.29) is 18.7 Å². The first-order valence-electron chi connectivity index (χ1n) is 5.50. The Balaban J connectivity index is 2.00. The molecular formula is C11H12BNO5. The van der Waals surface area contributed by atoms with Gasteiger partial charge >= 0.3 is 13.1 Å². The number of anilines is 1. The number of aliphatic carboxylic acids is 1. The number of rotatable bonds is 4. The SMILES string of the molecule is O=C(O)CCC(=O)Nc1ccc2c(c1)B(O)OC2. The van der Waals surface area contributed by atoms with Gasteiger partial charge in [0.05, 0.1) is 13.0 Å². The van der Waals surface area contributed by atoms with Gasteiger partial charge in [-0.2, -0.15) is 0 Å². The highest BCUT2D eigenvalue weighted by molar-refractivity contribution is 6.61. The van der Waals surface area contributed by atoms with Crippen molar-refractivity contribution >= 4 is 30.1 Å². The number of amides is 1. The maximum atomic E-state index is 11.4. The first kappa shape index (κ1) is 12.6. The van der Waals surface area contributed by atoms with E-state index in [1.807, 2.05) is 0 Å². The van der Waals surface area contributed by atoms with Crippen LogP contribution in [0.5, 0.6) is 0 Å². The third kappa shape index (κ3) is 2.88. The molecule has 1 amide bonds. The van der Waals surface area contributed by atoms with Gasteiger partial charge in [0.2, 0.25) is 5.91 Å². The number of fused-ring (bicyclic) bond motifs is 1. The molecule has 3 N–H and O–H groups in total. The zero-order valence-corrected chi connectivity index (χ0v) is 9.55. The number of carboxylic acids is 1. The Labute approximate surface area is 104 Å². The molecule has 0 atom stereocenters. The highest BCUT2D eigenvalue weighted by Gasteiger charge is 2.27. The molecule has 1 heterocycles. The third-order valence-corrected chi connectivity index (χ3v) is 2.66. The number of benzene rings is 1. The Morgan fingerprint density at radius 2 is 2.17 bits per heavy atom. The van der Waals surface area contributed by atoms with Crippen molar-refractivity contribution in [2.24, 2.45) is 0 Å². The van der Waals surface area contributed by atoms with Crippen LogP contribution in [-0.2, 0) is 20.9 Å². The zero-order valence-electron chi connectivity index (χ0n) is 9.55. The van der Waals surface area contributed by atoms with Gasteiger partial charge in [-0.15, -0.1) is 0 Å². The van der Waals surface area contributed by atoms with E-state index in [1.165, 1.54) is 0 Å². The second-order valence-electron chi connectivity index (χ2n) is 4.02. The van der Waals surface area contributed by atoms with E-state index >= 15 is 0 Å². The largest absolute Gasteiger partial charge is 0.491 e. The van der Waals surface area contributed by atoms with E-state index in [2.05, 4.69) is 5.32 Å². The van der Waals surface area contributed by atoms with E-state index < -0.39 is 13.1 Å². The summed E-state index contributed by atoms with van der Waals surface area (Å²) in [5.41, 5.74) is 2.03. The van der Waals surface area contributed by atoms with Crippen molar-refractivity contribution < 1.29 is 24.4 Å². The minimum atomic E-state index is -1.01. The third-order valence-electron chi connectivity index (χ3n) is 2.66. The van der Waals surface area contributed by atoms with Crippen molar-refractivity contribution in [2.45, 2.75) is 19.4 Å². The van der Waals surface area contributed by atoms with E-state index in [0.29, 0.717) is 17.8 Å². The first-order valence-corrected chi connectivity index (χ1v) is 5.50. The molecule has 0 fully saturated rings. The molecule has 0 saturated heterocycles. The molecule has 0 bridgehead atoms. The lowest BCUT2D eigenvalue weighted by Gasteiger charge is -2.06. The van der Waals surface area contributed by atoms with Gasteiger partial charge < -0.3 is 20.1 Å². The summed E-state index contributed by atoms with van der Waals surface area (Å²) in [5, 5.41) is 20.5. The van der Waals surface area contributed by atoms with Crippen molar-refractivity contribution in [1.82, 2.24) is 0 Å². The molecule has 1 aliphatic rings. The lowest BCUT2D eigenvalue weighted by Crippen LogP contribution is -2.28. The normalized spacial score (nSPS) is 13.3. The predicted octanol–water partition coefficient (Wildman–Crippen LogP) is -0.292. The second kappa shape index (κ2) is 5.20.